The van der Waals surface area contributed by atoms with E-state index in [1.165, 1.54) is 31.2 Å². The molecular formula is C22H16Cl2N12S2. The Morgan fingerprint density at radius 1 is 0.605 bits per heavy atom. The molecule has 0 unspecified atom stereocenters. The van der Waals surface area contributed by atoms with Crippen LogP contribution in [-0.2, 0) is 14.1 Å². The zero-order valence-electron chi connectivity index (χ0n) is 19.7. The van der Waals surface area contributed by atoms with E-state index >= 15 is 0 Å². The fourth-order valence-electron chi connectivity index (χ4n) is 3.54. The normalized spacial score (nSPS) is 11.4. The minimum absolute atomic E-state index is 0.456. The van der Waals surface area contributed by atoms with Crippen LogP contribution in [0.2, 0.25) is 10.0 Å². The summed E-state index contributed by atoms with van der Waals surface area (Å²) in [5, 5.41) is 37.2. The smallest absolute Gasteiger partial charge is 0.209 e. The topological polar surface area (TPSA) is 123 Å². The predicted octanol–water partition coefficient (Wildman–Crippen LogP) is 4.55. The van der Waals surface area contributed by atoms with E-state index in [4.69, 9.17) is 23.2 Å². The van der Waals surface area contributed by atoms with E-state index in [2.05, 4.69) is 41.0 Å². The average Bonchev–Trinajstić information content (AvgIpc) is 3.70. The Labute approximate surface area is 233 Å². The van der Waals surface area contributed by atoms with Gasteiger partial charge in [-0.15, -0.1) is 20.4 Å². The monoisotopic (exact) mass is 582 g/mol. The van der Waals surface area contributed by atoms with Crippen LogP contribution in [0, 0.1) is 0 Å². The molecule has 0 saturated heterocycles. The molecule has 12 nitrogen and oxygen atoms in total. The van der Waals surface area contributed by atoms with Crippen molar-refractivity contribution in [3.05, 3.63) is 71.0 Å². The van der Waals surface area contributed by atoms with Gasteiger partial charge >= 0.3 is 0 Å². The number of halogens is 2. The van der Waals surface area contributed by atoms with Crippen molar-refractivity contribution in [3.8, 4) is 34.2 Å². The first-order valence-electron chi connectivity index (χ1n) is 11.0. The second-order valence-electron chi connectivity index (χ2n) is 7.87. The van der Waals surface area contributed by atoms with E-state index in [9.17, 15) is 0 Å². The fraction of sp³-hybridized carbons (Fsp3) is 0.0909. The molecule has 38 heavy (non-hydrogen) atoms. The number of benzene rings is 2. The molecule has 4 heterocycles. The van der Waals surface area contributed by atoms with E-state index in [0.29, 0.717) is 21.7 Å². The molecule has 0 atom stereocenters. The number of hydrogen-bond donors (Lipinski definition) is 0. The second kappa shape index (κ2) is 10.2. The van der Waals surface area contributed by atoms with Crippen molar-refractivity contribution >= 4 is 44.8 Å². The Morgan fingerprint density at radius 3 is 1.34 bits per heavy atom. The molecule has 0 spiro atoms. The number of rotatable bonds is 7. The lowest BCUT2D eigenvalue weighted by atomic mass is 10.3. The molecule has 0 bridgehead atoms. The molecular weight excluding hydrogens is 567 g/mol. The van der Waals surface area contributed by atoms with Crippen LogP contribution in [0.1, 0.15) is 0 Å². The van der Waals surface area contributed by atoms with Gasteiger partial charge in [0.1, 0.15) is 10.1 Å². The van der Waals surface area contributed by atoms with Crippen molar-refractivity contribution < 1.29 is 0 Å². The summed E-state index contributed by atoms with van der Waals surface area (Å²) < 4.78 is 3.62. The Hall–Kier alpha value is -3.72. The van der Waals surface area contributed by atoms with Gasteiger partial charge in [-0.25, -0.2) is 9.36 Å². The molecule has 6 aromatic rings. The van der Waals surface area contributed by atoms with Gasteiger partial charge in [-0.1, -0.05) is 23.2 Å². The van der Waals surface area contributed by atoms with Gasteiger partial charge in [0, 0.05) is 10.0 Å². The SMILES string of the molecule is Cn1nnc(-c2cnn(-c3ccc(Cl)cc3)c2SSc2c(-c3nnn(C)n3)cnn2-c2ccc(Cl)cc2)n1. The van der Waals surface area contributed by atoms with Crippen molar-refractivity contribution in [3.63, 3.8) is 0 Å². The first kappa shape index (κ1) is 24.6. The van der Waals surface area contributed by atoms with Crippen molar-refractivity contribution in [2.24, 2.45) is 14.1 Å². The molecule has 0 radical (unpaired) electrons. The lowest BCUT2D eigenvalue weighted by molar-refractivity contribution is 0.630. The largest absolute Gasteiger partial charge is 0.226 e. The molecule has 0 N–H and O–H groups in total. The zero-order valence-corrected chi connectivity index (χ0v) is 22.9. The van der Waals surface area contributed by atoms with Crippen LogP contribution in [-0.4, -0.2) is 60.0 Å². The van der Waals surface area contributed by atoms with Crippen molar-refractivity contribution in [2.75, 3.05) is 0 Å². The Kier molecular flexibility index (Phi) is 6.61. The molecule has 0 aliphatic carbocycles. The molecule has 0 aliphatic rings. The van der Waals surface area contributed by atoms with E-state index in [1.54, 1.807) is 26.5 Å². The molecule has 2 aromatic carbocycles. The highest BCUT2D eigenvalue weighted by atomic mass is 35.5. The maximum absolute atomic E-state index is 6.13. The molecule has 4 aromatic heterocycles. The summed E-state index contributed by atoms with van der Waals surface area (Å²) >= 11 is 12.3. The average molecular weight is 583 g/mol. The van der Waals surface area contributed by atoms with Crippen LogP contribution in [0.3, 0.4) is 0 Å². The van der Waals surface area contributed by atoms with Gasteiger partial charge in [-0.3, -0.25) is 0 Å². The number of aryl methyl sites for hydroxylation is 2. The van der Waals surface area contributed by atoms with Gasteiger partial charge in [-0.2, -0.15) is 19.8 Å². The quantitative estimate of drug-likeness (QED) is 0.248. The zero-order chi connectivity index (χ0) is 26.2. The Balaban J connectivity index is 1.44. The summed E-state index contributed by atoms with van der Waals surface area (Å²) in [7, 11) is 6.36. The number of aromatic nitrogens is 12. The van der Waals surface area contributed by atoms with E-state index in [1.807, 2.05) is 57.9 Å². The van der Waals surface area contributed by atoms with Gasteiger partial charge in [0.2, 0.25) is 11.6 Å². The standard InChI is InChI=1S/C22H16Cl2N12S2/c1-33-29-19(27-31-33)17-11-25-35(15-7-3-13(23)4-8-15)21(17)37-38-22-18(20-28-32-34(2)30-20)12-26-36(22)16-9-5-14(24)6-10-16/h3-12H,1-2H3. The summed E-state index contributed by atoms with van der Waals surface area (Å²) in [6.07, 6.45) is 3.44. The van der Waals surface area contributed by atoms with Gasteiger partial charge < -0.3 is 0 Å². The van der Waals surface area contributed by atoms with Crippen LogP contribution in [0.15, 0.2) is 71.0 Å². The fourth-order valence-corrected chi connectivity index (χ4v) is 6.30. The first-order valence-corrected chi connectivity index (χ1v) is 13.9. The van der Waals surface area contributed by atoms with E-state index in [0.717, 1.165) is 32.6 Å². The first-order chi connectivity index (χ1) is 18.5. The summed E-state index contributed by atoms with van der Waals surface area (Å²) in [6, 6.07) is 14.8. The molecule has 16 heteroatoms. The van der Waals surface area contributed by atoms with Crippen molar-refractivity contribution in [1.82, 2.24) is 60.0 Å². The Morgan fingerprint density at radius 2 is 1.00 bits per heavy atom. The molecule has 6 rings (SSSR count). The van der Waals surface area contributed by atoms with E-state index < -0.39 is 0 Å². The second-order valence-corrected chi connectivity index (χ2v) is 10.9. The van der Waals surface area contributed by atoms with Gasteiger partial charge in [0.25, 0.3) is 0 Å². The molecule has 0 amide bonds. The van der Waals surface area contributed by atoms with Gasteiger partial charge in [-0.05, 0) is 80.5 Å². The lowest BCUT2D eigenvalue weighted by Crippen LogP contribution is -2.00. The third-order valence-electron chi connectivity index (χ3n) is 5.29. The summed E-state index contributed by atoms with van der Waals surface area (Å²) in [5.74, 6) is 0.913. The summed E-state index contributed by atoms with van der Waals surface area (Å²) in [4.78, 5) is 2.81. The summed E-state index contributed by atoms with van der Waals surface area (Å²) in [5.41, 5.74) is 3.11. The molecule has 190 valence electrons. The van der Waals surface area contributed by atoms with Crippen LogP contribution < -0.4 is 0 Å². The highest BCUT2D eigenvalue weighted by Gasteiger charge is 2.23. The predicted molar refractivity (Wildman–Crippen MR) is 144 cm³/mol. The maximum atomic E-state index is 6.13. The van der Waals surface area contributed by atoms with Gasteiger partial charge in [0.15, 0.2) is 0 Å². The van der Waals surface area contributed by atoms with Crippen molar-refractivity contribution in [2.45, 2.75) is 10.1 Å². The Bertz CT molecular complexity index is 1590. The lowest BCUT2D eigenvalue weighted by Gasteiger charge is -2.11. The number of nitrogens with zero attached hydrogens (tertiary/aromatic N) is 12. The molecule has 0 saturated carbocycles. The molecule has 0 fully saturated rings. The molecule has 0 aliphatic heterocycles. The van der Waals surface area contributed by atoms with Crippen LogP contribution in [0.5, 0.6) is 0 Å². The van der Waals surface area contributed by atoms with Crippen molar-refractivity contribution in [1.29, 1.82) is 0 Å². The maximum Gasteiger partial charge on any atom is 0.209 e. The minimum atomic E-state index is 0.456. The highest BCUT2D eigenvalue weighted by molar-refractivity contribution is 8.76. The minimum Gasteiger partial charge on any atom is -0.226 e. The third kappa shape index (κ3) is 4.78. The van der Waals surface area contributed by atoms with Crippen LogP contribution in [0.4, 0.5) is 0 Å². The third-order valence-corrected chi connectivity index (χ3v) is 8.18. The number of tetrazole rings is 2. The highest BCUT2D eigenvalue weighted by Crippen LogP contribution is 2.45. The van der Waals surface area contributed by atoms with Crippen LogP contribution >= 0.6 is 44.8 Å². The summed E-state index contributed by atoms with van der Waals surface area (Å²) in [6.45, 7) is 0. The van der Waals surface area contributed by atoms with Crippen LogP contribution in [0.25, 0.3) is 34.2 Å². The van der Waals surface area contributed by atoms with E-state index in [-0.39, 0.29) is 0 Å². The van der Waals surface area contributed by atoms with Gasteiger partial charge in [0.05, 0.1) is 49.0 Å². The number of hydrogen-bond acceptors (Lipinski definition) is 10.